The van der Waals surface area contributed by atoms with E-state index in [2.05, 4.69) is 55.1 Å². The third-order valence-corrected chi connectivity index (χ3v) is 9.96. The van der Waals surface area contributed by atoms with E-state index >= 15 is 0 Å². The molecule has 1 unspecified atom stereocenters. The summed E-state index contributed by atoms with van der Waals surface area (Å²) in [4.78, 5) is 56.3. The van der Waals surface area contributed by atoms with Crippen LogP contribution in [0.1, 0.15) is 67.9 Å². The lowest BCUT2D eigenvalue weighted by Crippen LogP contribution is -2.46. The number of ether oxygens (including phenoxy) is 1. The molecule has 2 aromatic rings. The van der Waals surface area contributed by atoms with Crippen molar-refractivity contribution in [3.63, 3.8) is 0 Å². The van der Waals surface area contributed by atoms with Crippen LogP contribution in [0.15, 0.2) is 47.4 Å². The van der Waals surface area contributed by atoms with E-state index in [1.54, 1.807) is 23.9 Å². The number of anilines is 1. The van der Waals surface area contributed by atoms with Gasteiger partial charge in [0.05, 0.1) is 6.04 Å². The molecule has 3 aliphatic rings. The number of rotatable bonds is 11. The molecule has 3 heterocycles. The molecule has 0 saturated carbocycles. The lowest BCUT2D eigenvalue weighted by molar-refractivity contribution is -0.121. The Hall–Kier alpha value is -3.61. The summed E-state index contributed by atoms with van der Waals surface area (Å²) in [6.07, 6.45) is 2.74. The number of hydrogen-bond donors (Lipinski definition) is 2. The third-order valence-electron chi connectivity index (χ3n) is 8.88. The molecule has 0 radical (unpaired) electrons. The molecular weight excluding hydrogens is 616 g/mol. The van der Waals surface area contributed by atoms with Gasteiger partial charge in [-0.3, -0.25) is 14.5 Å². The Kier molecular flexibility index (Phi) is 11.5. The average molecular weight is 665 g/mol. The number of carbonyl (C=O) groups is 4. The highest BCUT2D eigenvalue weighted by atomic mass is 32.2. The predicted octanol–water partition coefficient (Wildman–Crippen LogP) is 4.05. The summed E-state index contributed by atoms with van der Waals surface area (Å²) in [6, 6.07) is 14.3. The molecule has 5 rings (SSSR count). The molecule has 0 spiro atoms. The predicted molar refractivity (Wildman–Crippen MR) is 183 cm³/mol. The summed E-state index contributed by atoms with van der Waals surface area (Å²) in [6.45, 7) is 12.4. The highest BCUT2D eigenvalue weighted by Gasteiger charge is 2.33. The molecule has 254 valence electrons. The fraction of sp³-hybridized carbons (Fsp3) is 0.543. The van der Waals surface area contributed by atoms with E-state index in [1.807, 2.05) is 32.9 Å². The molecule has 2 aromatic carbocycles. The fourth-order valence-corrected chi connectivity index (χ4v) is 7.37. The third kappa shape index (κ3) is 9.48. The monoisotopic (exact) mass is 664 g/mol. The molecule has 1 atom stereocenters. The number of nitrogens with zero attached hydrogens (tertiary/aromatic N) is 4. The Morgan fingerprint density at radius 2 is 1.79 bits per heavy atom. The molecule has 47 heavy (non-hydrogen) atoms. The highest BCUT2D eigenvalue weighted by Crippen LogP contribution is 2.31. The van der Waals surface area contributed by atoms with Gasteiger partial charge in [-0.25, -0.2) is 9.10 Å². The van der Waals surface area contributed by atoms with Crippen LogP contribution in [0.25, 0.3) is 0 Å². The molecular formula is C35H48N6O5S. The quantitative estimate of drug-likeness (QED) is 0.271. The zero-order chi connectivity index (χ0) is 33.6. The fourth-order valence-electron chi connectivity index (χ4n) is 6.33. The van der Waals surface area contributed by atoms with Crippen LogP contribution in [0.5, 0.6) is 0 Å². The van der Waals surface area contributed by atoms with Gasteiger partial charge in [-0.2, -0.15) is 0 Å². The van der Waals surface area contributed by atoms with Crippen molar-refractivity contribution < 1.29 is 23.9 Å². The number of hydrogen-bond acceptors (Lipinski definition) is 9. The number of piperidine rings is 1. The second-order valence-electron chi connectivity index (χ2n) is 13.5. The highest BCUT2D eigenvalue weighted by molar-refractivity contribution is 7.97. The van der Waals surface area contributed by atoms with Gasteiger partial charge in [-0.1, -0.05) is 12.1 Å². The summed E-state index contributed by atoms with van der Waals surface area (Å²) in [7, 11) is 1.57. The van der Waals surface area contributed by atoms with Crippen molar-refractivity contribution in [3.05, 3.63) is 59.2 Å². The zero-order valence-corrected chi connectivity index (χ0v) is 28.8. The van der Waals surface area contributed by atoms with Crippen molar-refractivity contribution in [2.75, 3.05) is 51.2 Å². The number of carbonyl (C=O) groups excluding carboxylic acids is 4. The standard InChI is InChI=1S/C35H48N6O5S/c1-35(2,3)46-34(45)37-27-12-14-40(15-13-27)47-30-7-5-6-25(20-30)22-38-16-18-39(19-17-38)28-8-10-31-26(21-28)23-41(33(31)44)29(24-42)9-11-32(43)36-4/h5-8,10,20-21,24,27,29H,9,11-19,22-23H2,1-4H3,(H,36,43)(H,37,45). The average Bonchev–Trinajstić information content (AvgIpc) is 3.37. The summed E-state index contributed by atoms with van der Waals surface area (Å²) in [5.41, 5.74) is 3.46. The van der Waals surface area contributed by atoms with Crippen LogP contribution >= 0.6 is 11.9 Å². The second kappa shape index (κ2) is 15.5. The van der Waals surface area contributed by atoms with Crippen molar-refractivity contribution in [1.29, 1.82) is 0 Å². The minimum atomic E-state index is -0.614. The second-order valence-corrected chi connectivity index (χ2v) is 14.7. The van der Waals surface area contributed by atoms with Crippen molar-refractivity contribution in [1.82, 2.24) is 24.7 Å². The van der Waals surface area contributed by atoms with Gasteiger partial charge in [-0.15, -0.1) is 0 Å². The number of amides is 3. The molecule has 2 saturated heterocycles. The maximum absolute atomic E-state index is 13.1. The van der Waals surface area contributed by atoms with E-state index in [-0.39, 0.29) is 30.4 Å². The van der Waals surface area contributed by atoms with Crippen molar-refractivity contribution in [2.24, 2.45) is 0 Å². The van der Waals surface area contributed by atoms with Gasteiger partial charge in [0.1, 0.15) is 11.9 Å². The number of fused-ring (bicyclic) bond motifs is 1. The van der Waals surface area contributed by atoms with E-state index in [0.29, 0.717) is 18.5 Å². The summed E-state index contributed by atoms with van der Waals surface area (Å²) >= 11 is 1.79. The molecule has 12 heteroatoms. The van der Waals surface area contributed by atoms with Crippen molar-refractivity contribution in [2.45, 2.75) is 82.1 Å². The largest absolute Gasteiger partial charge is 0.444 e. The molecule has 0 bridgehead atoms. The van der Waals surface area contributed by atoms with Gasteiger partial charge < -0.3 is 30.0 Å². The number of benzene rings is 2. The van der Waals surface area contributed by atoms with Gasteiger partial charge in [-0.05, 0) is 93.4 Å². The number of alkyl carbamates (subject to hydrolysis) is 1. The van der Waals surface area contributed by atoms with Crippen LogP contribution in [0, 0.1) is 0 Å². The van der Waals surface area contributed by atoms with Crippen LogP contribution in [0.2, 0.25) is 0 Å². The topological polar surface area (TPSA) is 115 Å². The van der Waals surface area contributed by atoms with Crippen molar-refractivity contribution >= 4 is 41.8 Å². The van der Waals surface area contributed by atoms with Gasteiger partial charge >= 0.3 is 6.09 Å². The Bertz CT molecular complexity index is 1430. The normalized spacial score (nSPS) is 18.5. The minimum absolute atomic E-state index is 0.141. The molecule has 11 nitrogen and oxygen atoms in total. The molecule has 0 aliphatic carbocycles. The lowest BCUT2D eigenvalue weighted by Gasteiger charge is -2.36. The Morgan fingerprint density at radius 3 is 2.47 bits per heavy atom. The zero-order valence-electron chi connectivity index (χ0n) is 28.0. The van der Waals surface area contributed by atoms with Gasteiger partial charge in [0, 0.05) is 88.0 Å². The number of aldehydes is 1. The van der Waals surface area contributed by atoms with Crippen molar-refractivity contribution in [3.8, 4) is 0 Å². The molecule has 2 N–H and O–H groups in total. The first kappa shape index (κ1) is 34.7. The van der Waals surface area contributed by atoms with E-state index in [4.69, 9.17) is 4.74 Å². The van der Waals surface area contributed by atoms with Gasteiger partial charge in [0.2, 0.25) is 5.91 Å². The summed E-state index contributed by atoms with van der Waals surface area (Å²) < 4.78 is 7.78. The SMILES string of the molecule is CNC(=O)CCC(C=O)N1Cc2cc(N3CCN(Cc4cccc(SN5CCC(NC(=O)OC(C)(C)C)CC5)c4)CC3)ccc2C1=O. The number of piperazine rings is 1. The Labute approximate surface area is 282 Å². The van der Waals surface area contributed by atoms with E-state index < -0.39 is 11.6 Å². The first-order valence-electron chi connectivity index (χ1n) is 16.6. The number of nitrogens with one attached hydrogen (secondary N) is 2. The smallest absolute Gasteiger partial charge is 0.407 e. The maximum atomic E-state index is 13.1. The first-order valence-corrected chi connectivity index (χ1v) is 17.4. The van der Waals surface area contributed by atoms with Gasteiger partial charge in [0.25, 0.3) is 5.91 Å². The Balaban J connectivity index is 1.08. The molecule has 3 aliphatic heterocycles. The molecule has 3 amide bonds. The maximum Gasteiger partial charge on any atom is 0.407 e. The van der Waals surface area contributed by atoms with Crippen LogP contribution in [-0.2, 0) is 27.4 Å². The van der Waals surface area contributed by atoms with E-state index in [9.17, 15) is 19.2 Å². The summed E-state index contributed by atoms with van der Waals surface area (Å²) in [5.74, 6) is -0.289. The van der Waals surface area contributed by atoms with E-state index in [0.717, 1.165) is 76.2 Å². The van der Waals surface area contributed by atoms with Gasteiger partial charge in [0.15, 0.2) is 0 Å². The summed E-state index contributed by atoms with van der Waals surface area (Å²) in [5, 5.41) is 5.58. The van der Waals surface area contributed by atoms with Crippen LogP contribution < -0.4 is 15.5 Å². The Morgan fingerprint density at radius 1 is 1.04 bits per heavy atom. The minimum Gasteiger partial charge on any atom is -0.444 e. The van der Waals surface area contributed by atoms with Crippen LogP contribution in [0.3, 0.4) is 0 Å². The van der Waals surface area contributed by atoms with E-state index in [1.165, 1.54) is 10.5 Å². The molecule has 0 aromatic heterocycles. The molecule has 2 fully saturated rings. The first-order chi connectivity index (χ1) is 22.5. The van der Waals surface area contributed by atoms with Crippen LogP contribution in [0.4, 0.5) is 10.5 Å². The van der Waals surface area contributed by atoms with Crippen LogP contribution in [-0.4, -0.2) is 102 Å². The lowest BCUT2D eigenvalue weighted by atomic mass is 10.1.